The molecule has 0 bridgehead atoms. The molecule has 152 valence electrons. The first kappa shape index (κ1) is 20.6. The van der Waals surface area contributed by atoms with Gasteiger partial charge < -0.3 is 20.5 Å². The number of nitrogens with one attached hydrogen (secondary N) is 2. The quantitative estimate of drug-likeness (QED) is 0.494. The van der Waals surface area contributed by atoms with Crippen molar-refractivity contribution in [2.75, 3.05) is 11.9 Å². The van der Waals surface area contributed by atoms with Crippen LogP contribution in [0.3, 0.4) is 0 Å². The van der Waals surface area contributed by atoms with E-state index in [1.54, 1.807) is 48.5 Å². The fourth-order valence-electron chi connectivity index (χ4n) is 2.90. The Hall–Kier alpha value is -4.13. The van der Waals surface area contributed by atoms with Crippen LogP contribution in [0.15, 0.2) is 78.9 Å². The first-order valence-electron chi connectivity index (χ1n) is 9.17. The molecule has 0 spiro atoms. The molecule has 0 heterocycles. The number of hydrogen-bond acceptors (Lipinski definition) is 4. The van der Waals surface area contributed by atoms with Gasteiger partial charge in [-0.05, 0) is 47.5 Å². The van der Waals surface area contributed by atoms with Gasteiger partial charge in [-0.2, -0.15) is 0 Å². The Labute approximate surface area is 173 Å². The maximum atomic E-state index is 12.1. The molecule has 0 aliphatic heterocycles. The topological polar surface area (TPSA) is 105 Å². The van der Waals surface area contributed by atoms with Gasteiger partial charge in [0.1, 0.15) is 12.0 Å². The van der Waals surface area contributed by atoms with Gasteiger partial charge in [0.05, 0.1) is 6.04 Å². The minimum absolute atomic E-state index is 0.221. The van der Waals surface area contributed by atoms with E-state index >= 15 is 0 Å². The number of carboxylic acid groups (broad SMARTS) is 1. The van der Waals surface area contributed by atoms with Crippen LogP contribution in [0.2, 0.25) is 0 Å². The summed E-state index contributed by atoms with van der Waals surface area (Å²) in [6, 6.07) is 22.0. The lowest BCUT2D eigenvalue weighted by Gasteiger charge is -2.19. The summed E-state index contributed by atoms with van der Waals surface area (Å²) in [6.45, 7) is -0.221. The number of anilines is 1. The fourth-order valence-corrected chi connectivity index (χ4v) is 2.90. The van der Waals surface area contributed by atoms with Gasteiger partial charge in [0.25, 0.3) is 5.91 Å². The second-order valence-corrected chi connectivity index (χ2v) is 6.44. The number of benzene rings is 3. The van der Waals surface area contributed by atoms with Crippen molar-refractivity contribution in [2.45, 2.75) is 6.04 Å². The number of aldehydes is 1. The third-order valence-electron chi connectivity index (χ3n) is 4.29. The molecule has 7 heteroatoms. The minimum atomic E-state index is -1.14. The summed E-state index contributed by atoms with van der Waals surface area (Å²) in [7, 11) is 0. The minimum Gasteiger partial charge on any atom is -0.484 e. The smallest absolute Gasteiger partial charge is 0.405 e. The average Bonchev–Trinajstić information content (AvgIpc) is 2.77. The highest BCUT2D eigenvalue weighted by molar-refractivity contribution is 5.92. The van der Waals surface area contributed by atoms with Crippen LogP contribution in [0.1, 0.15) is 27.5 Å². The number of rotatable bonds is 8. The van der Waals surface area contributed by atoms with Gasteiger partial charge >= 0.3 is 6.09 Å². The molecule has 0 aliphatic rings. The van der Waals surface area contributed by atoms with Gasteiger partial charge in [-0.3, -0.25) is 9.59 Å². The summed E-state index contributed by atoms with van der Waals surface area (Å²) in [4.78, 5) is 34.1. The van der Waals surface area contributed by atoms with Crippen LogP contribution >= 0.6 is 0 Å². The molecule has 3 N–H and O–H groups in total. The SMILES string of the molecule is O=Cc1ccc(NC(=O)COc2cccc(C(NC(=O)O)c3ccccc3)c2)cc1. The van der Waals surface area contributed by atoms with Crippen LogP contribution in [0.5, 0.6) is 5.75 Å². The Balaban J connectivity index is 1.67. The summed E-state index contributed by atoms with van der Waals surface area (Å²) in [5.41, 5.74) is 2.54. The Morgan fingerprint density at radius 1 is 0.933 bits per heavy atom. The first-order valence-corrected chi connectivity index (χ1v) is 9.17. The van der Waals surface area contributed by atoms with E-state index in [1.807, 2.05) is 30.3 Å². The number of hydrogen-bond donors (Lipinski definition) is 3. The molecule has 0 saturated heterocycles. The predicted molar refractivity (Wildman–Crippen MR) is 112 cm³/mol. The van der Waals surface area contributed by atoms with Crippen molar-refractivity contribution >= 4 is 24.0 Å². The zero-order valence-corrected chi connectivity index (χ0v) is 15.9. The molecule has 2 amide bonds. The van der Waals surface area contributed by atoms with Crippen molar-refractivity contribution in [3.05, 3.63) is 95.6 Å². The summed E-state index contributed by atoms with van der Waals surface area (Å²) in [6.07, 6.45) is -0.418. The van der Waals surface area contributed by atoms with Crippen LogP contribution in [0.25, 0.3) is 0 Å². The summed E-state index contributed by atoms with van der Waals surface area (Å²) < 4.78 is 5.57. The van der Waals surface area contributed by atoms with E-state index in [0.29, 0.717) is 22.6 Å². The van der Waals surface area contributed by atoms with E-state index in [2.05, 4.69) is 10.6 Å². The lowest BCUT2D eigenvalue weighted by molar-refractivity contribution is -0.118. The van der Waals surface area contributed by atoms with Crippen molar-refractivity contribution in [3.8, 4) is 5.75 Å². The largest absolute Gasteiger partial charge is 0.484 e. The molecular formula is C23H20N2O5. The fraction of sp³-hybridized carbons (Fsp3) is 0.0870. The standard InChI is InChI=1S/C23H20N2O5/c26-14-16-9-11-19(12-10-16)24-21(27)15-30-20-8-4-7-18(13-20)22(25-23(28)29)17-5-2-1-3-6-17/h1-14,22,25H,15H2,(H,24,27)(H,28,29). The van der Waals surface area contributed by atoms with Crippen molar-refractivity contribution in [1.29, 1.82) is 0 Å². The van der Waals surface area contributed by atoms with E-state index in [4.69, 9.17) is 4.74 Å². The Morgan fingerprint density at radius 3 is 2.30 bits per heavy atom. The van der Waals surface area contributed by atoms with Crippen LogP contribution in [0, 0.1) is 0 Å². The zero-order chi connectivity index (χ0) is 21.3. The molecule has 30 heavy (non-hydrogen) atoms. The molecule has 0 radical (unpaired) electrons. The van der Waals surface area contributed by atoms with Gasteiger partial charge in [0.15, 0.2) is 6.61 Å². The summed E-state index contributed by atoms with van der Waals surface area (Å²) >= 11 is 0. The van der Waals surface area contributed by atoms with Crippen LogP contribution in [0.4, 0.5) is 10.5 Å². The normalized spacial score (nSPS) is 11.2. The van der Waals surface area contributed by atoms with E-state index in [9.17, 15) is 19.5 Å². The molecule has 0 fully saturated rings. The zero-order valence-electron chi connectivity index (χ0n) is 15.9. The van der Waals surface area contributed by atoms with Gasteiger partial charge in [0, 0.05) is 11.3 Å². The molecule has 0 aromatic heterocycles. The lowest BCUT2D eigenvalue weighted by atomic mass is 9.99. The van der Waals surface area contributed by atoms with E-state index in [1.165, 1.54) is 0 Å². The Morgan fingerprint density at radius 2 is 1.63 bits per heavy atom. The molecule has 7 nitrogen and oxygen atoms in total. The lowest BCUT2D eigenvalue weighted by Crippen LogP contribution is -2.27. The van der Waals surface area contributed by atoms with Gasteiger partial charge in [-0.25, -0.2) is 4.79 Å². The molecule has 1 unspecified atom stereocenters. The average molecular weight is 404 g/mol. The molecule has 3 aromatic carbocycles. The van der Waals surface area contributed by atoms with Gasteiger partial charge in [-0.1, -0.05) is 42.5 Å². The van der Waals surface area contributed by atoms with E-state index in [0.717, 1.165) is 11.8 Å². The monoisotopic (exact) mass is 404 g/mol. The van der Waals surface area contributed by atoms with Gasteiger partial charge in [-0.15, -0.1) is 0 Å². The van der Waals surface area contributed by atoms with Crippen molar-refractivity contribution in [2.24, 2.45) is 0 Å². The molecule has 3 rings (SSSR count). The number of amides is 2. The second kappa shape index (κ2) is 9.88. The number of ether oxygens (including phenoxy) is 1. The highest BCUT2D eigenvalue weighted by Gasteiger charge is 2.17. The maximum absolute atomic E-state index is 12.1. The van der Waals surface area contributed by atoms with Crippen LogP contribution in [-0.2, 0) is 4.79 Å². The van der Waals surface area contributed by atoms with E-state index < -0.39 is 12.1 Å². The Bertz CT molecular complexity index is 1020. The third-order valence-corrected chi connectivity index (χ3v) is 4.29. The molecular weight excluding hydrogens is 384 g/mol. The number of carbonyl (C=O) groups excluding carboxylic acids is 2. The Kier molecular flexibility index (Phi) is 6.78. The summed E-state index contributed by atoms with van der Waals surface area (Å²) in [5, 5.41) is 14.4. The van der Waals surface area contributed by atoms with Crippen molar-refractivity contribution < 1.29 is 24.2 Å². The number of carbonyl (C=O) groups is 3. The van der Waals surface area contributed by atoms with Crippen molar-refractivity contribution in [3.63, 3.8) is 0 Å². The van der Waals surface area contributed by atoms with Gasteiger partial charge in [0.2, 0.25) is 0 Å². The molecule has 0 saturated carbocycles. The first-order chi connectivity index (χ1) is 14.5. The molecule has 1 atom stereocenters. The predicted octanol–water partition coefficient (Wildman–Crippen LogP) is 3.87. The second-order valence-electron chi connectivity index (χ2n) is 6.44. The third kappa shape index (κ3) is 5.68. The van der Waals surface area contributed by atoms with Crippen molar-refractivity contribution in [1.82, 2.24) is 5.32 Å². The van der Waals surface area contributed by atoms with Crippen LogP contribution in [-0.4, -0.2) is 30.0 Å². The maximum Gasteiger partial charge on any atom is 0.405 e. The van der Waals surface area contributed by atoms with E-state index in [-0.39, 0.29) is 12.5 Å². The summed E-state index contributed by atoms with van der Waals surface area (Å²) in [5.74, 6) is 0.0783. The molecule has 0 aliphatic carbocycles. The highest BCUT2D eigenvalue weighted by atomic mass is 16.5. The molecule has 3 aromatic rings. The van der Waals surface area contributed by atoms with Crippen LogP contribution < -0.4 is 15.4 Å². The highest BCUT2D eigenvalue weighted by Crippen LogP contribution is 2.25.